The minimum Gasteiger partial charge on any atom is -0.458 e. The predicted octanol–water partition coefficient (Wildman–Crippen LogP) is 4.24. The van der Waals surface area contributed by atoms with Crippen molar-refractivity contribution in [1.82, 2.24) is 10.2 Å². The summed E-state index contributed by atoms with van der Waals surface area (Å²) in [5, 5.41) is 5.24. The molecule has 0 bridgehead atoms. The normalized spacial score (nSPS) is 18.9. The number of amides is 3. The highest BCUT2D eigenvalue weighted by molar-refractivity contribution is 6.14. The van der Waals surface area contributed by atoms with Crippen molar-refractivity contribution >= 4 is 39.5 Å². The van der Waals surface area contributed by atoms with Gasteiger partial charge >= 0.3 is 6.03 Å². The number of Topliss-reactive ketones (excluding diaryl/α,β-unsaturated/α-hetero) is 1. The smallest absolute Gasteiger partial charge is 0.325 e. The number of hydrogen-bond donors (Lipinski definition) is 1. The van der Waals surface area contributed by atoms with Crippen LogP contribution in [-0.2, 0) is 10.3 Å². The van der Waals surface area contributed by atoms with Crippen LogP contribution in [0.3, 0.4) is 0 Å². The summed E-state index contributed by atoms with van der Waals surface area (Å²) in [7, 11) is 0. The molecule has 3 amide bonds. The van der Waals surface area contributed by atoms with E-state index in [1.54, 1.807) is 31.2 Å². The first-order valence-corrected chi connectivity index (χ1v) is 9.61. The van der Waals surface area contributed by atoms with Gasteiger partial charge in [-0.25, -0.2) is 4.79 Å². The Balaban J connectivity index is 1.46. The van der Waals surface area contributed by atoms with E-state index in [2.05, 4.69) is 5.32 Å². The number of fused-ring (bicyclic) bond motifs is 2. The van der Waals surface area contributed by atoms with Crippen molar-refractivity contribution < 1.29 is 18.8 Å². The van der Waals surface area contributed by atoms with Crippen LogP contribution in [-0.4, -0.2) is 29.2 Å². The van der Waals surface area contributed by atoms with Crippen molar-refractivity contribution in [2.24, 2.45) is 0 Å². The van der Waals surface area contributed by atoms with Gasteiger partial charge in [0.15, 0.2) is 11.3 Å². The van der Waals surface area contributed by atoms with E-state index in [9.17, 15) is 14.4 Å². The largest absolute Gasteiger partial charge is 0.458 e. The molecule has 1 fully saturated rings. The highest BCUT2D eigenvalue weighted by Gasteiger charge is 2.51. The summed E-state index contributed by atoms with van der Waals surface area (Å²) in [5.41, 5.74) is -0.262. The molecule has 6 heteroatoms. The average molecular weight is 398 g/mol. The molecule has 1 aromatic heterocycles. The Morgan fingerprint density at radius 2 is 1.67 bits per heavy atom. The number of carbonyl (C=O) groups excluding carboxylic acids is 3. The van der Waals surface area contributed by atoms with E-state index in [1.807, 2.05) is 48.5 Å². The molecule has 1 saturated heterocycles. The second kappa shape index (κ2) is 6.56. The number of imide groups is 1. The molecule has 0 aliphatic carbocycles. The topological polar surface area (TPSA) is 79.6 Å². The van der Waals surface area contributed by atoms with Crippen LogP contribution in [0.15, 0.2) is 77.2 Å². The molecule has 148 valence electrons. The van der Waals surface area contributed by atoms with Crippen molar-refractivity contribution in [3.05, 3.63) is 84.1 Å². The Morgan fingerprint density at radius 1 is 0.967 bits per heavy atom. The van der Waals surface area contributed by atoms with Gasteiger partial charge in [-0.3, -0.25) is 14.5 Å². The number of benzene rings is 3. The van der Waals surface area contributed by atoms with Crippen LogP contribution in [0.1, 0.15) is 23.0 Å². The zero-order valence-electron chi connectivity index (χ0n) is 16.2. The van der Waals surface area contributed by atoms with Gasteiger partial charge in [-0.05, 0) is 29.8 Å². The van der Waals surface area contributed by atoms with Crippen molar-refractivity contribution in [1.29, 1.82) is 0 Å². The number of nitrogens with zero attached hydrogens (tertiary/aromatic N) is 1. The SMILES string of the molecule is C[C@]1(c2cc3ccccc3o2)NC(=O)N(CC(=O)c2cccc3ccccc23)C1=O. The van der Waals surface area contributed by atoms with Crippen molar-refractivity contribution in [3.8, 4) is 0 Å². The second-order valence-corrected chi connectivity index (χ2v) is 7.54. The number of para-hydroxylation sites is 1. The number of furan rings is 1. The molecule has 1 N–H and O–H groups in total. The van der Waals surface area contributed by atoms with Gasteiger partial charge in [0.25, 0.3) is 5.91 Å². The molecule has 3 aromatic carbocycles. The first kappa shape index (κ1) is 18.1. The Morgan fingerprint density at radius 3 is 2.47 bits per heavy atom. The third kappa shape index (κ3) is 2.69. The third-order valence-corrected chi connectivity index (χ3v) is 5.59. The quantitative estimate of drug-likeness (QED) is 0.412. The number of nitrogens with one attached hydrogen (secondary N) is 1. The zero-order valence-corrected chi connectivity index (χ0v) is 16.2. The molecular weight excluding hydrogens is 380 g/mol. The van der Waals surface area contributed by atoms with Crippen LogP contribution in [0.25, 0.3) is 21.7 Å². The van der Waals surface area contributed by atoms with Gasteiger partial charge < -0.3 is 9.73 Å². The summed E-state index contributed by atoms with van der Waals surface area (Å²) in [6.45, 7) is 1.25. The van der Waals surface area contributed by atoms with E-state index in [0.717, 1.165) is 21.1 Å². The summed E-state index contributed by atoms with van der Waals surface area (Å²) in [6, 6.07) is 21.4. The van der Waals surface area contributed by atoms with E-state index in [4.69, 9.17) is 4.42 Å². The number of rotatable bonds is 4. The number of carbonyl (C=O) groups is 3. The van der Waals surface area contributed by atoms with Crippen LogP contribution < -0.4 is 5.32 Å². The fraction of sp³-hybridized carbons (Fsp3) is 0.125. The highest BCUT2D eigenvalue weighted by atomic mass is 16.3. The molecule has 30 heavy (non-hydrogen) atoms. The second-order valence-electron chi connectivity index (χ2n) is 7.54. The summed E-state index contributed by atoms with van der Waals surface area (Å²) < 4.78 is 5.82. The number of urea groups is 1. The molecule has 1 atom stereocenters. The Labute approximate surface area is 172 Å². The van der Waals surface area contributed by atoms with Crippen LogP contribution in [0, 0.1) is 0 Å². The number of hydrogen-bond acceptors (Lipinski definition) is 4. The maximum Gasteiger partial charge on any atom is 0.325 e. The van der Waals surface area contributed by atoms with Crippen molar-refractivity contribution in [2.45, 2.75) is 12.5 Å². The first-order chi connectivity index (χ1) is 14.5. The third-order valence-electron chi connectivity index (χ3n) is 5.59. The molecule has 0 saturated carbocycles. The predicted molar refractivity (Wildman–Crippen MR) is 112 cm³/mol. The summed E-state index contributed by atoms with van der Waals surface area (Å²) in [6.07, 6.45) is 0. The van der Waals surface area contributed by atoms with Gasteiger partial charge in [0.1, 0.15) is 11.3 Å². The molecule has 0 radical (unpaired) electrons. The van der Waals surface area contributed by atoms with E-state index in [1.165, 1.54) is 0 Å². The fourth-order valence-electron chi connectivity index (χ4n) is 3.93. The molecule has 1 aliphatic heterocycles. The van der Waals surface area contributed by atoms with Gasteiger partial charge in [0, 0.05) is 10.9 Å². The standard InChI is InChI=1S/C24H18N2O4/c1-24(21-13-16-8-3-5-12-20(16)30-21)22(28)26(23(29)25-24)14-19(27)18-11-6-9-15-7-2-4-10-17(15)18/h2-13H,14H2,1H3,(H,25,29)/t24-/m1/s1. The van der Waals surface area contributed by atoms with Crippen LogP contribution in [0.5, 0.6) is 0 Å². The molecule has 6 nitrogen and oxygen atoms in total. The van der Waals surface area contributed by atoms with Crippen LogP contribution in [0.4, 0.5) is 4.79 Å². The van der Waals surface area contributed by atoms with Gasteiger partial charge in [-0.2, -0.15) is 0 Å². The first-order valence-electron chi connectivity index (χ1n) is 9.61. The zero-order chi connectivity index (χ0) is 20.9. The summed E-state index contributed by atoms with van der Waals surface area (Å²) >= 11 is 0. The summed E-state index contributed by atoms with van der Waals surface area (Å²) in [5.74, 6) is -0.480. The molecular formula is C24H18N2O4. The lowest BCUT2D eigenvalue weighted by Gasteiger charge is -2.19. The molecule has 0 spiro atoms. The lowest BCUT2D eigenvalue weighted by atomic mass is 9.98. The molecule has 1 aliphatic rings. The Hall–Kier alpha value is -3.93. The lowest BCUT2D eigenvalue weighted by molar-refractivity contribution is -0.131. The van der Waals surface area contributed by atoms with E-state index >= 15 is 0 Å². The fourth-order valence-corrected chi connectivity index (χ4v) is 3.93. The van der Waals surface area contributed by atoms with E-state index < -0.39 is 17.5 Å². The van der Waals surface area contributed by atoms with Gasteiger partial charge in [-0.15, -0.1) is 0 Å². The molecule has 0 unspecified atom stereocenters. The van der Waals surface area contributed by atoms with Crippen LogP contribution in [0.2, 0.25) is 0 Å². The van der Waals surface area contributed by atoms with Crippen LogP contribution >= 0.6 is 0 Å². The molecule has 4 aromatic rings. The van der Waals surface area contributed by atoms with Crippen molar-refractivity contribution in [3.63, 3.8) is 0 Å². The molecule has 5 rings (SSSR count). The van der Waals surface area contributed by atoms with Gasteiger partial charge in [0.05, 0.1) is 6.54 Å². The Kier molecular flexibility index (Phi) is 3.96. The lowest BCUT2D eigenvalue weighted by Crippen LogP contribution is -2.41. The van der Waals surface area contributed by atoms with E-state index in [-0.39, 0.29) is 12.3 Å². The number of ketones is 1. The minimum atomic E-state index is -1.37. The average Bonchev–Trinajstić information content (AvgIpc) is 3.29. The Bertz CT molecular complexity index is 1300. The van der Waals surface area contributed by atoms with Gasteiger partial charge in [0.2, 0.25) is 0 Å². The highest BCUT2D eigenvalue weighted by Crippen LogP contribution is 2.33. The van der Waals surface area contributed by atoms with Crippen molar-refractivity contribution in [2.75, 3.05) is 6.54 Å². The maximum absolute atomic E-state index is 13.2. The molecule has 2 heterocycles. The monoisotopic (exact) mass is 398 g/mol. The van der Waals surface area contributed by atoms with E-state index in [0.29, 0.717) is 16.9 Å². The van der Waals surface area contributed by atoms with Gasteiger partial charge in [-0.1, -0.05) is 60.7 Å². The minimum absolute atomic E-state index is 0.302. The summed E-state index contributed by atoms with van der Waals surface area (Å²) in [4.78, 5) is 39.7. The maximum atomic E-state index is 13.2.